The Morgan fingerprint density at radius 2 is 1.89 bits per heavy atom. The van der Waals surface area contributed by atoms with Gasteiger partial charge in [0.15, 0.2) is 0 Å². The van der Waals surface area contributed by atoms with Crippen LogP contribution in [-0.2, 0) is 17.8 Å². The van der Waals surface area contributed by atoms with Crippen LogP contribution in [0.2, 0.25) is 0 Å². The van der Waals surface area contributed by atoms with E-state index in [-0.39, 0.29) is 11.9 Å². The van der Waals surface area contributed by atoms with Crippen molar-refractivity contribution in [2.24, 2.45) is 0 Å². The van der Waals surface area contributed by atoms with Gasteiger partial charge in [0, 0.05) is 38.9 Å². The molecule has 1 aliphatic heterocycles. The third-order valence-corrected chi connectivity index (χ3v) is 6.67. The Labute approximate surface area is 209 Å². The summed E-state index contributed by atoms with van der Waals surface area (Å²) in [6.45, 7) is 8.75. The van der Waals surface area contributed by atoms with E-state index in [1.54, 1.807) is 19.2 Å². The van der Waals surface area contributed by atoms with Crippen molar-refractivity contribution < 1.29 is 14.3 Å². The molecular weight excluding hydrogens is 464 g/mol. The number of nitrogens with zero attached hydrogens (tertiary/aromatic N) is 5. The van der Waals surface area contributed by atoms with Crippen LogP contribution in [0.25, 0.3) is 0 Å². The quantitative estimate of drug-likeness (QED) is 0.477. The second-order valence-corrected chi connectivity index (χ2v) is 9.47. The summed E-state index contributed by atoms with van der Waals surface area (Å²) in [6, 6.07) is 11.7. The van der Waals surface area contributed by atoms with E-state index in [0.29, 0.717) is 30.3 Å². The number of rotatable bonds is 8. The maximum atomic E-state index is 12.5. The molecule has 1 saturated heterocycles. The van der Waals surface area contributed by atoms with Crippen LogP contribution in [0.3, 0.4) is 0 Å². The number of carbonyl (C=O) groups is 2. The number of pyridine rings is 1. The maximum absolute atomic E-state index is 12.5. The monoisotopic (exact) mass is 494 g/mol. The Morgan fingerprint density at radius 1 is 1.06 bits per heavy atom. The molecule has 1 N–H and O–H groups in total. The van der Waals surface area contributed by atoms with Crippen molar-refractivity contribution >= 4 is 29.0 Å². The van der Waals surface area contributed by atoms with Crippen LogP contribution in [0, 0.1) is 6.92 Å². The number of aromatic nitrogens is 3. The molecule has 9 nitrogen and oxygen atoms in total. The molecule has 4 rings (SSSR count). The van der Waals surface area contributed by atoms with E-state index in [0.717, 1.165) is 49.0 Å². The number of amides is 1. The minimum atomic E-state index is -0.353. The van der Waals surface area contributed by atoms with Gasteiger partial charge in [-0.25, -0.2) is 9.78 Å². The SMILES string of the molecule is CCOC(=O)c1ccc(N2CCCN(Cc3nnc(C(=O)NCc4ccc(C)cc4)s3)CC2)nc1. The van der Waals surface area contributed by atoms with Crippen molar-refractivity contribution in [3.05, 3.63) is 69.3 Å². The number of carbonyl (C=O) groups excluding carboxylic acids is 2. The molecule has 0 aliphatic carbocycles. The van der Waals surface area contributed by atoms with E-state index in [9.17, 15) is 9.59 Å². The summed E-state index contributed by atoms with van der Waals surface area (Å²) in [5, 5.41) is 12.5. The van der Waals surface area contributed by atoms with E-state index in [2.05, 4.69) is 30.3 Å². The van der Waals surface area contributed by atoms with Crippen LogP contribution in [0.4, 0.5) is 5.82 Å². The van der Waals surface area contributed by atoms with Crippen molar-refractivity contribution in [3.63, 3.8) is 0 Å². The lowest BCUT2D eigenvalue weighted by Crippen LogP contribution is -2.31. The first-order valence-electron chi connectivity index (χ1n) is 11.8. The van der Waals surface area contributed by atoms with Gasteiger partial charge < -0.3 is 15.0 Å². The number of ether oxygens (including phenoxy) is 1. The topological polar surface area (TPSA) is 101 Å². The van der Waals surface area contributed by atoms with Crippen LogP contribution in [0.15, 0.2) is 42.6 Å². The third kappa shape index (κ3) is 6.83. The average molecular weight is 495 g/mol. The Hall–Kier alpha value is -3.37. The summed E-state index contributed by atoms with van der Waals surface area (Å²) >= 11 is 1.34. The number of benzene rings is 1. The molecule has 10 heteroatoms. The van der Waals surface area contributed by atoms with Gasteiger partial charge in [-0.3, -0.25) is 9.69 Å². The zero-order valence-electron chi connectivity index (χ0n) is 20.1. The van der Waals surface area contributed by atoms with Gasteiger partial charge in [0.1, 0.15) is 10.8 Å². The molecule has 0 spiro atoms. The number of aryl methyl sites for hydroxylation is 1. The molecule has 1 amide bonds. The summed E-state index contributed by atoms with van der Waals surface area (Å²) in [4.78, 5) is 33.3. The lowest BCUT2D eigenvalue weighted by Gasteiger charge is -2.22. The zero-order valence-corrected chi connectivity index (χ0v) is 20.9. The second kappa shape index (κ2) is 11.9. The average Bonchev–Trinajstić information content (AvgIpc) is 3.21. The summed E-state index contributed by atoms with van der Waals surface area (Å²) in [7, 11) is 0. The summed E-state index contributed by atoms with van der Waals surface area (Å²) in [5.41, 5.74) is 2.70. The van der Waals surface area contributed by atoms with Crippen molar-refractivity contribution in [1.82, 2.24) is 25.4 Å². The van der Waals surface area contributed by atoms with E-state index in [4.69, 9.17) is 4.74 Å². The first-order valence-corrected chi connectivity index (χ1v) is 12.6. The molecule has 1 aromatic carbocycles. The molecule has 3 aromatic rings. The normalized spacial score (nSPS) is 14.4. The fourth-order valence-electron chi connectivity index (χ4n) is 3.83. The molecular formula is C25H30N6O3S. The number of esters is 1. The molecule has 0 atom stereocenters. The number of anilines is 1. The van der Waals surface area contributed by atoms with Crippen LogP contribution < -0.4 is 10.2 Å². The highest BCUT2D eigenvalue weighted by molar-refractivity contribution is 7.13. The summed E-state index contributed by atoms with van der Waals surface area (Å²) < 4.78 is 5.02. The van der Waals surface area contributed by atoms with E-state index in [1.165, 1.54) is 16.9 Å². The first kappa shape index (κ1) is 24.7. The van der Waals surface area contributed by atoms with Gasteiger partial charge in [-0.2, -0.15) is 0 Å². The molecule has 0 bridgehead atoms. The van der Waals surface area contributed by atoms with Crippen LogP contribution in [0.1, 0.15) is 49.6 Å². The molecule has 1 fully saturated rings. The highest BCUT2D eigenvalue weighted by Gasteiger charge is 2.19. The predicted molar refractivity (Wildman–Crippen MR) is 135 cm³/mol. The highest BCUT2D eigenvalue weighted by atomic mass is 32.1. The van der Waals surface area contributed by atoms with Gasteiger partial charge in [-0.05, 0) is 38.0 Å². The van der Waals surface area contributed by atoms with Crippen LogP contribution in [0.5, 0.6) is 0 Å². The van der Waals surface area contributed by atoms with Gasteiger partial charge in [-0.1, -0.05) is 41.2 Å². The fourth-order valence-corrected chi connectivity index (χ4v) is 4.63. The largest absolute Gasteiger partial charge is 0.462 e. The first-order chi connectivity index (χ1) is 17.0. The van der Waals surface area contributed by atoms with E-state index >= 15 is 0 Å². The lowest BCUT2D eigenvalue weighted by atomic mass is 10.1. The zero-order chi connectivity index (χ0) is 24.6. The molecule has 1 aliphatic rings. The number of hydrogen-bond acceptors (Lipinski definition) is 9. The Morgan fingerprint density at radius 3 is 2.63 bits per heavy atom. The number of hydrogen-bond donors (Lipinski definition) is 1. The van der Waals surface area contributed by atoms with Gasteiger partial charge in [0.2, 0.25) is 5.01 Å². The molecule has 0 radical (unpaired) electrons. The van der Waals surface area contributed by atoms with Gasteiger partial charge in [-0.15, -0.1) is 10.2 Å². The van der Waals surface area contributed by atoms with Crippen molar-refractivity contribution in [1.29, 1.82) is 0 Å². The van der Waals surface area contributed by atoms with Gasteiger partial charge in [0.25, 0.3) is 5.91 Å². The van der Waals surface area contributed by atoms with Crippen molar-refractivity contribution in [3.8, 4) is 0 Å². The van der Waals surface area contributed by atoms with Crippen LogP contribution in [-0.4, -0.2) is 64.7 Å². The summed E-state index contributed by atoms with van der Waals surface area (Å²) in [6.07, 6.45) is 2.55. The van der Waals surface area contributed by atoms with Gasteiger partial charge in [0.05, 0.1) is 18.7 Å². The fraction of sp³-hybridized carbons (Fsp3) is 0.400. The van der Waals surface area contributed by atoms with Crippen molar-refractivity contribution in [2.75, 3.05) is 37.7 Å². The highest BCUT2D eigenvalue weighted by Crippen LogP contribution is 2.18. The predicted octanol–water partition coefficient (Wildman–Crippen LogP) is 3.06. The summed E-state index contributed by atoms with van der Waals surface area (Å²) in [5.74, 6) is 0.297. The maximum Gasteiger partial charge on any atom is 0.339 e. The van der Waals surface area contributed by atoms with Gasteiger partial charge >= 0.3 is 5.97 Å². The molecule has 0 unspecified atom stereocenters. The Balaban J connectivity index is 1.27. The smallest absolute Gasteiger partial charge is 0.339 e. The lowest BCUT2D eigenvalue weighted by molar-refractivity contribution is 0.0525. The Bertz CT molecular complexity index is 1130. The third-order valence-electron chi connectivity index (χ3n) is 5.77. The minimum Gasteiger partial charge on any atom is -0.462 e. The van der Waals surface area contributed by atoms with E-state index in [1.807, 2.05) is 37.3 Å². The standard InChI is InChI=1S/C25H30N6O3S/c1-3-34-25(33)20-9-10-21(26-16-20)31-12-4-11-30(13-14-31)17-22-28-29-24(35-22)23(32)27-15-19-7-5-18(2)6-8-19/h5-10,16H,3-4,11-15,17H2,1-2H3,(H,27,32). The number of nitrogens with one attached hydrogen (secondary N) is 1. The molecule has 2 aromatic heterocycles. The van der Waals surface area contributed by atoms with Crippen molar-refractivity contribution in [2.45, 2.75) is 33.4 Å². The molecule has 0 saturated carbocycles. The van der Waals surface area contributed by atoms with Crippen LogP contribution >= 0.6 is 11.3 Å². The molecule has 184 valence electrons. The molecule has 3 heterocycles. The minimum absolute atomic E-state index is 0.200. The second-order valence-electron chi connectivity index (χ2n) is 8.41. The molecule has 35 heavy (non-hydrogen) atoms. The van der Waals surface area contributed by atoms with E-state index < -0.39 is 0 Å². The Kier molecular flexibility index (Phi) is 8.38.